The summed E-state index contributed by atoms with van der Waals surface area (Å²) >= 11 is 5.57. The van der Waals surface area contributed by atoms with Crippen LogP contribution in [0.3, 0.4) is 0 Å². The van der Waals surface area contributed by atoms with Crippen molar-refractivity contribution in [2.75, 3.05) is 0 Å². The van der Waals surface area contributed by atoms with Gasteiger partial charge in [-0.3, -0.25) is 19.7 Å². The highest BCUT2D eigenvalue weighted by atomic mass is 35.5. The summed E-state index contributed by atoms with van der Waals surface area (Å²) in [5.41, 5.74) is -0.327. The summed E-state index contributed by atoms with van der Waals surface area (Å²) < 4.78 is 0. The molecule has 0 radical (unpaired) electrons. The Balaban J connectivity index is 3.50. The summed E-state index contributed by atoms with van der Waals surface area (Å²) in [5, 5.41) is 10.4. The molecule has 1 aromatic carbocycles. The van der Waals surface area contributed by atoms with Crippen molar-refractivity contribution in [1.82, 2.24) is 0 Å². The van der Waals surface area contributed by atoms with Gasteiger partial charge in [-0.1, -0.05) is 11.6 Å². The molecule has 1 rings (SSSR count). The fourth-order valence-electron chi connectivity index (χ4n) is 1.12. The molecule has 6 heteroatoms. The molecule has 0 N–H and O–H groups in total. The van der Waals surface area contributed by atoms with E-state index < -0.39 is 10.7 Å². The standard InChI is InChI=1S/C9H6ClNO4/c1-5(13)7-3-9(11(14)15)8(10)2-6(7)4-12/h2-4H,1H3. The summed E-state index contributed by atoms with van der Waals surface area (Å²) in [4.78, 5) is 31.5. The highest BCUT2D eigenvalue weighted by Gasteiger charge is 2.18. The molecular formula is C9H6ClNO4. The minimum absolute atomic E-state index is 0.00102. The molecule has 0 aliphatic rings. The average Bonchev–Trinajstić information content (AvgIpc) is 2.16. The Bertz CT molecular complexity index is 456. The van der Waals surface area contributed by atoms with E-state index in [1.807, 2.05) is 0 Å². The topological polar surface area (TPSA) is 77.3 Å². The fraction of sp³-hybridized carbons (Fsp3) is 0.111. The van der Waals surface area contributed by atoms with Crippen LogP contribution in [0.4, 0.5) is 5.69 Å². The van der Waals surface area contributed by atoms with E-state index in [0.717, 1.165) is 12.1 Å². The Morgan fingerprint density at radius 2 is 2.13 bits per heavy atom. The molecular weight excluding hydrogens is 222 g/mol. The smallest absolute Gasteiger partial charge is 0.288 e. The van der Waals surface area contributed by atoms with Crippen molar-refractivity contribution >= 4 is 29.4 Å². The highest BCUT2D eigenvalue weighted by Crippen LogP contribution is 2.27. The molecule has 1 aromatic rings. The van der Waals surface area contributed by atoms with Crippen molar-refractivity contribution in [2.45, 2.75) is 6.92 Å². The van der Waals surface area contributed by atoms with Gasteiger partial charge in [0.05, 0.1) is 4.92 Å². The van der Waals surface area contributed by atoms with Gasteiger partial charge < -0.3 is 0 Å². The van der Waals surface area contributed by atoms with Crippen LogP contribution in [0.5, 0.6) is 0 Å². The minimum atomic E-state index is -0.705. The van der Waals surface area contributed by atoms with Crippen LogP contribution < -0.4 is 0 Å². The van der Waals surface area contributed by atoms with E-state index in [4.69, 9.17) is 11.6 Å². The highest BCUT2D eigenvalue weighted by molar-refractivity contribution is 6.33. The van der Waals surface area contributed by atoms with Crippen molar-refractivity contribution in [3.05, 3.63) is 38.4 Å². The normalized spacial score (nSPS) is 9.73. The first-order valence-electron chi connectivity index (χ1n) is 3.91. The molecule has 0 saturated heterocycles. The van der Waals surface area contributed by atoms with Gasteiger partial charge in [-0.2, -0.15) is 0 Å². The molecule has 0 aromatic heterocycles. The molecule has 0 amide bonds. The molecule has 0 bridgehead atoms. The number of nitro benzene ring substituents is 1. The summed E-state index contributed by atoms with van der Waals surface area (Å²) in [6.07, 6.45) is 0.437. The van der Waals surface area contributed by atoms with E-state index in [9.17, 15) is 19.7 Å². The third-order valence-electron chi connectivity index (χ3n) is 1.82. The van der Waals surface area contributed by atoms with Gasteiger partial charge in [-0.05, 0) is 13.0 Å². The van der Waals surface area contributed by atoms with Crippen molar-refractivity contribution in [3.8, 4) is 0 Å². The Kier molecular flexibility index (Phi) is 3.16. The second kappa shape index (κ2) is 4.18. The van der Waals surface area contributed by atoms with Gasteiger partial charge in [-0.15, -0.1) is 0 Å². The van der Waals surface area contributed by atoms with Crippen LogP contribution in [0.2, 0.25) is 5.02 Å². The van der Waals surface area contributed by atoms with E-state index in [1.165, 1.54) is 6.92 Å². The first-order valence-corrected chi connectivity index (χ1v) is 4.29. The van der Waals surface area contributed by atoms with Gasteiger partial charge in [0, 0.05) is 17.2 Å². The lowest BCUT2D eigenvalue weighted by Crippen LogP contribution is -2.01. The van der Waals surface area contributed by atoms with E-state index in [2.05, 4.69) is 0 Å². The fourth-order valence-corrected chi connectivity index (χ4v) is 1.36. The lowest BCUT2D eigenvalue weighted by molar-refractivity contribution is -0.384. The van der Waals surface area contributed by atoms with Crippen LogP contribution >= 0.6 is 11.6 Å². The molecule has 0 atom stereocenters. The van der Waals surface area contributed by atoms with Crippen LogP contribution in [-0.4, -0.2) is 17.0 Å². The lowest BCUT2D eigenvalue weighted by atomic mass is 10.0. The number of nitro groups is 1. The quantitative estimate of drug-likeness (QED) is 0.343. The van der Waals surface area contributed by atoms with E-state index >= 15 is 0 Å². The lowest BCUT2D eigenvalue weighted by Gasteiger charge is -2.01. The Morgan fingerprint density at radius 1 is 1.53 bits per heavy atom. The number of Topliss-reactive ketones (excluding diaryl/α,β-unsaturated/α-hetero) is 1. The summed E-state index contributed by atoms with van der Waals surface area (Å²) in [6, 6.07) is 2.12. The van der Waals surface area contributed by atoms with Gasteiger partial charge in [0.1, 0.15) is 5.02 Å². The van der Waals surface area contributed by atoms with Gasteiger partial charge in [0.2, 0.25) is 0 Å². The first kappa shape index (κ1) is 11.3. The number of carbonyl (C=O) groups excluding carboxylic acids is 2. The van der Waals surface area contributed by atoms with E-state index in [0.29, 0.717) is 6.29 Å². The number of ketones is 1. The van der Waals surface area contributed by atoms with Crippen LogP contribution in [0.25, 0.3) is 0 Å². The van der Waals surface area contributed by atoms with Crippen molar-refractivity contribution in [1.29, 1.82) is 0 Å². The predicted molar refractivity (Wildman–Crippen MR) is 53.5 cm³/mol. The van der Waals surface area contributed by atoms with Gasteiger partial charge in [-0.25, -0.2) is 0 Å². The molecule has 0 aliphatic heterocycles. The SMILES string of the molecule is CC(=O)c1cc([N+](=O)[O-])c(Cl)cc1C=O. The molecule has 0 unspecified atom stereocenters. The molecule has 0 heterocycles. The van der Waals surface area contributed by atoms with Crippen molar-refractivity contribution < 1.29 is 14.5 Å². The van der Waals surface area contributed by atoms with Crippen molar-refractivity contribution in [2.24, 2.45) is 0 Å². The zero-order chi connectivity index (χ0) is 11.6. The Labute approximate surface area is 89.8 Å². The molecule has 5 nitrogen and oxygen atoms in total. The predicted octanol–water partition coefficient (Wildman–Crippen LogP) is 2.26. The Hall–Kier alpha value is -1.75. The number of carbonyl (C=O) groups is 2. The average molecular weight is 228 g/mol. The first-order chi connectivity index (χ1) is 6.97. The molecule has 0 saturated carbocycles. The van der Waals surface area contributed by atoms with E-state index in [-0.39, 0.29) is 21.8 Å². The molecule has 78 valence electrons. The zero-order valence-electron chi connectivity index (χ0n) is 7.69. The number of benzene rings is 1. The largest absolute Gasteiger partial charge is 0.298 e. The maximum Gasteiger partial charge on any atom is 0.288 e. The monoisotopic (exact) mass is 227 g/mol. The second-order valence-corrected chi connectivity index (χ2v) is 3.23. The molecule has 0 spiro atoms. The maximum absolute atomic E-state index is 11.1. The second-order valence-electron chi connectivity index (χ2n) is 2.82. The Morgan fingerprint density at radius 3 is 2.53 bits per heavy atom. The maximum atomic E-state index is 11.1. The third kappa shape index (κ3) is 2.19. The number of aldehydes is 1. The molecule has 0 aliphatic carbocycles. The number of hydrogen-bond donors (Lipinski definition) is 0. The van der Waals surface area contributed by atoms with E-state index in [1.54, 1.807) is 0 Å². The van der Waals surface area contributed by atoms with Crippen LogP contribution in [-0.2, 0) is 0 Å². The van der Waals surface area contributed by atoms with Crippen LogP contribution in [0.1, 0.15) is 27.6 Å². The molecule has 15 heavy (non-hydrogen) atoms. The van der Waals surface area contributed by atoms with Crippen molar-refractivity contribution in [3.63, 3.8) is 0 Å². The number of halogens is 1. The number of rotatable bonds is 3. The zero-order valence-corrected chi connectivity index (χ0v) is 8.45. The van der Waals surface area contributed by atoms with Gasteiger partial charge in [0.15, 0.2) is 12.1 Å². The third-order valence-corrected chi connectivity index (χ3v) is 2.12. The summed E-state index contributed by atoms with van der Waals surface area (Å²) in [5.74, 6) is -0.420. The van der Waals surface area contributed by atoms with Crippen LogP contribution in [0.15, 0.2) is 12.1 Å². The van der Waals surface area contributed by atoms with Gasteiger partial charge in [0.25, 0.3) is 5.69 Å². The minimum Gasteiger partial charge on any atom is -0.298 e. The van der Waals surface area contributed by atoms with Gasteiger partial charge >= 0.3 is 0 Å². The number of nitrogens with zero attached hydrogens (tertiary/aromatic N) is 1. The van der Waals surface area contributed by atoms with Crippen LogP contribution in [0, 0.1) is 10.1 Å². The molecule has 0 fully saturated rings. The summed E-state index contributed by atoms with van der Waals surface area (Å²) in [7, 11) is 0. The number of hydrogen-bond acceptors (Lipinski definition) is 4. The summed E-state index contributed by atoms with van der Waals surface area (Å²) in [6.45, 7) is 1.22.